The van der Waals surface area contributed by atoms with Gasteiger partial charge in [0, 0.05) is 30.6 Å². The van der Waals surface area contributed by atoms with Gasteiger partial charge in [-0.2, -0.15) is 0 Å². The van der Waals surface area contributed by atoms with Crippen LogP contribution in [0.5, 0.6) is 0 Å². The number of halogens is 1. The first-order valence-corrected chi connectivity index (χ1v) is 11.4. The quantitative estimate of drug-likeness (QED) is 0.319. The van der Waals surface area contributed by atoms with Gasteiger partial charge >= 0.3 is 0 Å². The molecule has 2 heterocycles. The summed E-state index contributed by atoms with van der Waals surface area (Å²) in [6.07, 6.45) is 5.49. The van der Waals surface area contributed by atoms with E-state index < -0.39 is 0 Å². The van der Waals surface area contributed by atoms with Crippen LogP contribution < -0.4 is 5.32 Å². The van der Waals surface area contributed by atoms with E-state index in [1.54, 1.807) is 18.5 Å². The summed E-state index contributed by atoms with van der Waals surface area (Å²) in [5, 5.41) is 3.39. The van der Waals surface area contributed by atoms with Gasteiger partial charge in [-0.25, -0.2) is 19.3 Å². The molecule has 2 aromatic carbocycles. The fourth-order valence-corrected chi connectivity index (χ4v) is 4.01. The minimum Gasteiger partial charge on any atom is -0.364 e. The molecule has 0 fully saturated rings. The summed E-state index contributed by atoms with van der Waals surface area (Å²) in [6.45, 7) is 9.71. The highest BCUT2D eigenvalue weighted by Crippen LogP contribution is 2.24. The first-order valence-electron chi connectivity index (χ1n) is 11.4. The number of rotatable bonds is 7. The summed E-state index contributed by atoms with van der Waals surface area (Å²) in [7, 11) is 0. The zero-order chi connectivity index (χ0) is 24.1. The highest BCUT2D eigenvalue weighted by Gasteiger charge is 2.09. The largest absolute Gasteiger partial charge is 0.364 e. The Morgan fingerprint density at radius 2 is 1.94 bits per heavy atom. The smallest absolute Gasteiger partial charge is 0.154 e. The van der Waals surface area contributed by atoms with E-state index in [4.69, 9.17) is 0 Å². The van der Waals surface area contributed by atoms with Crippen LogP contribution in [-0.4, -0.2) is 27.2 Å². The van der Waals surface area contributed by atoms with E-state index in [0.717, 1.165) is 17.8 Å². The Bertz CT molecular complexity index is 1390. The molecule has 0 amide bonds. The zero-order valence-electron chi connectivity index (χ0n) is 19.9. The number of aromatic nitrogens is 3. The number of aryl methyl sites for hydroxylation is 1. The van der Waals surface area contributed by atoms with Crippen LogP contribution in [-0.2, 0) is 6.54 Å². The van der Waals surface area contributed by atoms with Gasteiger partial charge in [0.25, 0.3) is 0 Å². The van der Waals surface area contributed by atoms with Crippen molar-refractivity contribution in [3.8, 4) is 11.3 Å². The molecule has 4 rings (SSSR count). The van der Waals surface area contributed by atoms with Crippen molar-refractivity contribution in [2.75, 3.05) is 11.9 Å². The third-order valence-electron chi connectivity index (χ3n) is 5.59. The lowest BCUT2D eigenvalue weighted by Crippen LogP contribution is -2.04. The average molecular weight is 454 g/mol. The molecule has 4 aromatic rings. The van der Waals surface area contributed by atoms with Crippen LogP contribution in [0.2, 0.25) is 0 Å². The molecular weight excluding hydrogens is 425 g/mol. The van der Waals surface area contributed by atoms with E-state index in [9.17, 15) is 4.39 Å². The topological polar surface area (TPSA) is 63.1 Å². The minimum absolute atomic E-state index is 0.298. The highest BCUT2D eigenvalue weighted by atomic mass is 19.1. The SMILES string of the molecule is CCN=C(C)/C=C(\C)c1ccc(CNc2nccc3nc(-c4cccc(F)c4)cnc23)cc1C. The molecule has 0 aliphatic heterocycles. The van der Waals surface area contributed by atoms with E-state index in [2.05, 4.69) is 63.4 Å². The summed E-state index contributed by atoms with van der Waals surface area (Å²) < 4.78 is 13.6. The molecule has 0 saturated heterocycles. The molecule has 6 heteroatoms. The van der Waals surface area contributed by atoms with E-state index in [0.29, 0.717) is 34.7 Å². The van der Waals surface area contributed by atoms with Gasteiger partial charge in [-0.1, -0.05) is 30.3 Å². The predicted octanol–water partition coefficient (Wildman–Crippen LogP) is 6.64. The number of fused-ring (bicyclic) bond motifs is 1. The van der Waals surface area contributed by atoms with Crippen molar-refractivity contribution in [3.63, 3.8) is 0 Å². The lowest BCUT2D eigenvalue weighted by molar-refractivity contribution is 0.628. The molecule has 0 atom stereocenters. The van der Waals surface area contributed by atoms with Gasteiger partial charge in [-0.15, -0.1) is 0 Å². The first kappa shape index (κ1) is 23.2. The van der Waals surface area contributed by atoms with Crippen LogP contribution in [0.1, 0.15) is 37.5 Å². The van der Waals surface area contributed by atoms with Crippen LogP contribution in [0.25, 0.3) is 27.9 Å². The van der Waals surface area contributed by atoms with Crippen LogP contribution in [0.3, 0.4) is 0 Å². The van der Waals surface area contributed by atoms with E-state index in [1.807, 2.05) is 26.0 Å². The van der Waals surface area contributed by atoms with Crippen molar-refractivity contribution < 1.29 is 4.39 Å². The van der Waals surface area contributed by atoms with Gasteiger partial charge in [0.2, 0.25) is 0 Å². The third kappa shape index (κ3) is 5.34. The number of pyridine rings is 1. The Morgan fingerprint density at radius 3 is 2.71 bits per heavy atom. The number of nitrogens with zero attached hydrogens (tertiary/aromatic N) is 4. The normalized spacial score (nSPS) is 12.3. The van der Waals surface area contributed by atoms with Crippen molar-refractivity contribution >= 4 is 28.1 Å². The molecule has 0 saturated carbocycles. The van der Waals surface area contributed by atoms with Crippen molar-refractivity contribution in [3.05, 3.63) is 89.5 Å². The molecular formula is C28H28FN5. The average Bonchev–Trinajstić information content (AvgIpc) is 2.82. The molecule has 0 spiro atoms. The number of allylic oxidation sites excluding steroid dienone is 2. The number of nitrogens with one attached hydrogen (secondary N) is 1. The van der Waals surface area contributed by atoms with E-state index >= 15 is 0 Å². The van der Waals surface area contributed by atoms with Gasteiger partial charge in [0.15, 0.2) is 5.82 Å². The van der Waals surface area contributed by atoms with Crippen LogP contribution >= 0.6 is 0 Å². The minimum atomic E-state index is -0.298. The molecule has 0 bridgehead atoms. The Labute approximate surface area is 199 Å². The molecule has 0 radical (unpaired) electrons. The summed E-state index contributed by atoms with van der Waals surface area (Å²) >= 11 is 0. The van der Waals surface area contributed by atoms with Crippen LogP contribution in [0.15, 0.2) is 72.0 Å². The lowest BCUT2D eigenvalue weighted by Gasteiger charge is -2.12. The zero-order valence-corrected chi connectivity index (χ0v) is 19.9. The fraction of sp³-hybridized carbons (Fsp3) is 0.214. The van der Waals surface area contributed by atoms with Crippen molar-refractivity contribution in [1.82, 2.24) is 15.0 Å². The van der Waals surface area contributed by atoms with Crippen LogP contribution in [0, 0.1) is 12.7 Å². The van der Waals surface area contributed by atoms with Gasteiger partial charge in [0.1, 0.15) is 11.3 Å². The second kappa shape index (κ2) is 10.3. The molecule has 2 aromatic heterocycles. The lowest BCUT2D eigenvalue weighted by atomic mass is 9.98. The number of benzene rings is 2. The predicted molar refractivity (Wildman–Crippen MR) is 139 cm³/mol. The standard InChI is InChI=1S/C28H28FN5/c1-5-30-20(4)13-18(2)24-10-9-21(14-19(24)3)16-33-28-27-25(11-12-31-28)34-26(17-32-27)22-7-6-8-23(29)15-22/h6-15,17H,5,16H2,1-4H3,(H,31,33)/b18-13+,30-20?. The Morgan fingerprint density at radius 1 is 1.09 bits per heavy atom. The second-order valence-corrected chi connectivity index (χ2v) is 8.24. The van der Waals surface area contributed by atoms with Gasteiger partial charge in [-0.3, -0.25) is 4.99 Å². The Hall–Kier alpha value is -3.93. The summed E-state index contributed by atoms with van der Waals surface area (Å²) in [4.78, 5) is 18.1. The summed E-state index contributed by atoms with van der Waals surface area (Å²) in [5.41, 5.74) is 8.51. The maximum Gasteiger partial charge on any atom is 0.154 e. The van der Waals surface area contributed by atoms with Gasteiger partial charge in [-0.05, 0) is 74.2 Å². The van der Waals surface area contributed by atoms with Crippen molar-refractivity contribution in [2.24, 2.45) is 4.99 Å². The molecule has 5 nitrogen and oxygen atoms in total. The van der Waals surface area contributed by atoms with Crippen molar-refractivity contribution in [2.45, 2.75) is 34.2 Å². The first-order chi connectivity index (χ1) is 16.4. The summed E-state index contributed by atoms with van der Waals surface area (Å²) in [5.74, 6) is 0.368. The van der Waals surface area contributed by atoms with Crippen molar-refractivity contribution in [1.29, 1.82) is 0 Å². The van der Waals surface area contributed by atoms with Crippen LogP contribution in [0.4, 0.5) is 10.2 Å². The maximum absolute atomic E-state index is 13.6. The molecule has 1 N–H and O–H groups in total. The monoisotopic (exact) mass is 453 g/mol. The fourth-order valence-electron chi connectivity index (χ4n) is 4.01. The number of hydrogen-bond acceptors (Lipinski definition) is 5. The number of aliphatic imine (C=N–C) groups is 1. The molecule has 0 aliphatic carbocycles. The molecule has 0 unspecified atom stereocenters. The number of hydrogen-bond donors (Lipinski definition) is 1. The molecule has 172 valence electrons. The second-order valence-electron chi connectivity index (χ2n) is 8.24. The van der Waals surface area contributed by atoms with Gasteiger partial charge < -0.3 is 5.32 Å². The van der Waals surface area contributed by atoms with E-state index in [-0.39, 0.29) is 5.82 Å². The molecule has 0 aliphatic rings. The highest BCUT2D eigenvalue weighted by molar-refractivity contribution is 5.99. The van der Waals surface area contributed by atoms with E-state index in [1.165, 1.54) is 28.8 Å². The summed E-state index contributed by atoms with van der Waals surface area (Å²) in [6, 6.07) is 14.6. The van der Waals surface area contributed by atoms with Gasteiger partial charge in [0.05, 0.1) is 17.4 Å². The maximum atomic E-state index is 13.6. The third-order valence-corrected chi connectivity index (χ3v) is 5.59. The number of anilines is 1. The Balaban J connectivity index is 1.53. The molecule has 34 heavy (non-hydrogen) atoms. The Kier molecular flexibility index (Phi) is 7.07.